The molecule has 0 atom stereocenters. The van der Waals surface area contributed by atoms with E-state index >= 15 is 0 Å². The second-order valence-corrected chi connectivity index (χ2v) is 7.43. The van der Waals surface area contributed by atoms with E-state index in [0.29, 0.717) is 22.9 Å². The molecule has 1 aliphatic heterocycles. The van der Waals surface area contributed by atoms with Gasteiger partial charge in [-0.2, -0.15) is 0 Å². The van der Waals surface area contributed by atoms with E-state index in [1.807, 2.05) is 13.0 Å². The summed E-state index contributed by atoms with van der Waals surface area (Å²) in [7, 11) is 1.79. The summed E-state index contributed by atoms with van der Waals surface area (Å²) in [6.07, 6.45) is 1.87. The highest BCUT2D eigenvalue weighted by molar-refractivity contribution is 6.33. The number of carbonyl (C=O) groups is 1. The van der Waals surface area contributed by atoms with E-state index in [-0.39, 0.29) is 11.9 Å². The lowest BCUT2D eigenvalue weighted by Crippen LogP contribution is -2.44. The highest BCUT2D eigenvalue weighted by Gasteiger charge is 2.23. The molecule has 1 amide bonds. The van der Waals surface area contributed by atoms with Crippen LogP contribution < -0.4 is 15.4 Å². The summed E-state index contributed by atoms with van der Waals surface area (Å²) in [5.41, 5.74) is 2.55. The number of carbonyl (C=O) groups excluding carboxylic acids is 1. The molecule has 0 radical (unpaired) electrons. The third-order valence-corrected chi connectivity index (χ3v) is 5.37. The number of nitrogens with one attached hydrogen (secondary N) is 2. The van der Waals surface area contributed by atoms with Crippen molar-refractivity contribution in [1.29, 1.82) is 0 Å². The molecule has 3 rings (SSSR count). The molecular formula is C22H28ClN3O2. The average Bonchev–Trinajstić information content (AvgIpc) is 2.71. The van der Waals surface area contributed by atoms with Crippen LogP contribution in [0.1, 0.15) is 35.7 Å². The molecular weight excluding hydrogens is 374 g/mol. The zero-order chi connectivity index (χ0) is 19.9. The smallest absolute Gasteiger partial charge is 0.255 e. The van der Waals surface area contributed by atoms with Gasteiger partial charge in [0.25, 0.3) is 5.91 Å². The summed E-state index contributed by atoms with van der Waals surface area (Å²) in [5, 5.41) is 6.68. The number of ether oxygens (including phenoxy) is 1. The third-order valence-electron chi connectivity index (χ3n) is 5.05. The number of amides is 1. The summed E-state index contributed by atoms with van der Waals surface area (Å²) in [6, 6.07) is 14.1. The van der Waals surface area contributed by atoms with E-state index in [4.69, 9.17) is 16.3 Å². The van der Waals surface area contributed by atoms with Gasteiger partial charge in [-0.25, -0.2) is 0 Å². The van der Waals surface area contributed by atoms with Crippen molar-refractivity contribution in [3.8, 4) is 5.75 Å². The van der Waals surface area contributed by atoms with Gasteiger partial charge >= 0.3 is 0 Å². The van der Waals surface area contributed by atoms with Gasteiger partial charge in [-0.05, 0) is 31.4 Å². The van der Waals surface area contributed by atoms with E-state index in [9.17, 15) is 4.79 Å². The van der Waals surface area contributed by atoms with E-state index < -0.39 is 0 Å². The van der Waals surface area contributed by atoms with Crippen molar-refractivity contribution in [2.75, 3.05) is 32.1 Å². The number of halogens is 1. The molecule has 0 aliphatic carbocycles. The average molecular weight is 402 g/mol. The van der Waals surface area contributed by atoms with Crippen molar-refractivity contribution in [2.45, 2.75) is 32.4 Å². The minimum absolute atomic E-state index is 0.130. The number of hydrogen-bond donors (Lipinski definition) is 2. The SMILES string of the molecule is CCOc1cc(NC)c(Cl)cc1C(=O)NC1CCN(Cc2ccccc2)CC1. The lowest BCUT2D eigenvalue weighted by Gasteiger charge is -2.32. The lowest BCUT2D eigenvalue weighted by atomic mass is 10.0. The molecule has 1 aliphatic rings. The van der Waals surface area contributed by atoms with Crippen molar-refractivity contribution >= 4 is 23.2 Å². The van der Waals surface area contributed by atoms with Crippen LogP contribution >= 0.6 is 11.6 Å². The molecule has 0 saturated carbocycles. The summed E-state index contributed by atoms with van der Waals surface area (Å²) < 4.78 is 5.66. The van der Waals surface area contributed by atoms with Crippen molar-refractivity contribution in [3.63, 3.8) is 0 Å². The van der Waals surface area contributed by atoms with E-state index in [2.05, 4.69) is 39.8 Å². The van der Waals surface area contributed by atoms with E-state index in [0.717, 1.165) is 38.2 Å². The number of anilines is 1. The second-order valence-electron chi connectivity index (χ2n) is 7.02. The molecule has 1 fully saturated rings. The standard InChI is InChI=1S/C22H28ClN3O2/c1-3-28-21-14-20(24-2)19(23)13-18(21)22(27)25-17-9-11-26(12-10-17)15-16-7-5-4-6-8-16/h4-8,13-14,17,24H,3,9-12,15H2,1-2H3,(H,25,27). The van der Waals surface area contributed by atoms with Crippen LogP contribution in [0.25, 0.3) is 0 Å². The number of hydrogen-bond acceptors (Lipinski definition) is 4. The number of rotatable bonds is 7. The van der Waals surface area contributed by atoms with Gasteiger partial charge in [-0.3, -0.25) is 9.69 Å². The van der Waals surface area contributed by atoms with E-state index in [1.165, 1.54) is 5.56 Å². The molecule has 150 valence electrons. The maximum Gasteiger partial charge on any atom is 0.255 e. The molecule has 1 heterocycles. The van der Waals surface area contributed by atoms with Crippen LogP contribution in [0.4, 0.5) is 5.69 Å². The van der Waals surface area contributed by atoms with Gasteiger partial charge in [0.2, 0.25) is 0 Å². The Labute approximate surface area is 172 Å². The Kier molecular flexibility index (Phi) is 7.18. The largest absolute Gasteiger partial charge is 0.493 e. The van der Waals surface area contributed by atoms with Gasteiger partial charge in [0.15, 0.2) is 0 Å². The quantitative estimate of drug-likeness (QED) is 0.730. The molecule has 0 bridgehead atoms. The zero-order valence-corrected chi connectivity index (χ0v) is 17.3. The number of benzene rings is 2. The topological polar surface area (TPSA) is 53.6 Å². The van der Waals surface area contributed by atoms with Crippen LogP contribution in [-0.4, -0.2) is 43.6 Å². The van der Waals surface area contributed by atoms with Crippen LogP contribution in [0, 0.1) is 0 Å². The molecule has 0 spiro atoms. The van der Waals surface area contributed by atoms with Gasteiger partial charge in [-0.1, -0.05) is 41.9 Å². The first-order chi connectivity index (χ1) is 13.6. The maximum absolute atomic E-state index is 12.8. The minimum Gasteiger partial charge on any atom is -0.493 e. The van der Waals surface area contributed by atoms with Crippen LogP contribution in [0.3, 0.4) is 0 Å². The monoisotopic (exact) mass is 401 g/mol. The molecule has 1 saturated heterocycles. The van der Waals surface area contributed by atoms with Crippen molar-refractivity contribution < 1.29 is 9.53 Å². The molecule has 0 unspecified atom stereocenters. The first kappa shape index (κ1) is 20.5. The Morgan fingerprint density at radius 1 is 1.21 bits per heavy atom. The van der Waals surface area contributed by atoms with Crippen LogP contribution in [0.5, 0.6) is 5.75 Å². The van der Waals surface area contributed by atoms with Crippen molar-refractivity contribution in [2.24, 2.45) is 0 Å². The van der Waals surface area contributed by atoms with Crippen molar-refractivity contribution in [3.05, 3.63) is 58.6 Å². The summed E-state index contributed by atoms with van der Waals surface area (Å²) >= 11 is 6.28. The number of likely N-dealkylation sites (tertiary alicyclic amines) is 1. The maximum atomic E-state index is 12.8. The molecule has 5 nitrogen and oxygen atoms in total. The van der Waals surface area contributed by atoms with Gasteiger partial charge < -0.3 is 15.4 Å². The van der Waals surface area contributed by atoms with Gasteiger partial charge in [0.1, 0.15) is 5.75 Å². The van der Waals surface area contributed by atoms with E-state index in [1.54, 1.807) is 19.2 Å². The third kappa shape index (κ3) is 5.18. The number of nitrogens with zero attached hydrogens (tertiary/aromatic N) is 1. The predicted molar refractivity (Wildman–Crippen MR) is 114 cm³/mol. The molecule has 2 aromatic carbocycles. The van der Waals surface area contributed by atoms with Gasteiger partial charge in [0, 0.05) is 38.8 Å². The van der Waals surface area contributed by atoms with Crippen LogP contribution in [0.2, 0.25) is 5.02 Å². The summed E-state index contributed by atoms with van der Waals surface area (Å²) in [4.78, 5) is 15.3. The molecule has 6 heteroatoms. The zero-order valence-electron chi connectivity index (χ0n) is 16.5. The molecule has 0 aromatic heterocycles. The molecule has 2 N–H and O–H groups in total. The van der Waals surface area contributed by atoms with Crippen LogP contribution in [-0.2, 0) is 6.54 Å². The Morgan fingerprint density at radius 3 is 2.57 bits per heavy atom. The molecule has 28 heavy (non-hydrogen) atoms. The van der Waals surface area contributed by atoms with Gasteiger partial charge in [0.05, 0.1) is 22.9 Å². The van der Waals surface area contributed by atoms with Gasteiger partial charge in [-0.15, -0.1) is 0 Å². The Hall–Kier alpha value is -2.24. The lowest BCUT2D eigenvalue weighted by molar-refractivity contribution is 0.0905. The Balaban J connectivity index is 1.59. The Morgan fingerprint density at radius 2 is 1.93 bits per heavy atom. The highest BCUT2D eigenvalue weighted by Crippen LogP contribution is 2.31. The fraction of sp³-hybridized carbons (Fsp3) is 0.409. The van der Waals surface area contributed by atoms with Crippen molar-refractivity contribution in [1.82, 2.24) is 10.2 Å². The Bertz CT molecular complexity index is 790. The highest BCUT2D eigenvalue weighted by atomic mass is 35.5. The first-order valence-electron chi connectivity index (χ1n) is 9.82. The number of piperidine rings is 1. The summed E-state index contributed by atoms with van der Waals surface area (Å²) in [5.74, 6) is 0.421. The predicted octanol–water partition coefficient (Wildman–Crippen LogP) is 4.17. The summed E-state index contributed by atoms with van der Waals surface area (Å²) in [6.45, 7) is 5.28. The second kappa shape index (κ2) is 9.80. The fourth-order valence-electron chi connectivity index (χ4n) is 3.54. The van der Waals surface area contributed by atoms with Crippen LogP contribution in [0.15, 0.2) is 42.5 Å². The fourth-order valence-corrected chi connectivity index (χ4v) is 3.80. The normalized spacial score (nSPS) is 15.2. The minimum atomic E-state index is -0.130. The molecule has 2 aromatic rings. The first-order valence-corrected chi connectivity index (χ1v) is 10.2.